The number of aryl methyl sites for hydroxylation is 2. The van der Waals surface area contributed by atoms with E-state index in [2.05, 4.69) is 48.8 Å². The summed E-state index contributed by atoms with van der Waals surface area (Å²) in [6.45, 7) is 5.41. The van der Waals surface area contributed by atoms with Crippen molar-refractivity contribution in [3.05, 3.63) is 56.7 Å². The molecule has 0 aliphatic rings. The lowest BCUT2D eigenvalue weighted by molar-refractivity contribution is 0.499. The van der Waals surface area contributed by atoms with Crippen LogP contribution in [0.25, 0.3) is 0 Å². The smallest absolute Gasteiger partial charge is 0.0409 e. The van der Waals surface area contributed by atoms with Crippen molar-refractivity contribution in [3.63, 3.8) is 0 Å². The van der Waals surface area contributed by atoms with Crippen LogP contribution < -0.4 is 5.32 Å². The fraction of sp³-hybridized carbons (Fsp3) is 0.412. The Labute approximate surface area is 131 Å². The Morgan fingerprint density at radius 1 is 1.30 bits per heavy atom. The minimum Gasteiger partial charge on any atom is -0.310 e. The van der Waals surface area contributed by atoms with Crippen molar-refractivity contribution in [2.24, 2.45) is 0 Å². The summed E-state index contributed by atoms with van der Waals surface area (Å²) in [7, 11) is 0. The van der Waals surface area contributed by atoms with E-state index in [9.17, 15) is 0 Å². The van der Waals surface area contributed by atoms with E-state index < -0.39 is 0 Å². The quantitative estimate of drug-likeness (QED) is 0.723. The van der Waals surface area contributed by atoms with Gasteiger partial charge in [0.05, 0.1) is 0 Å². The normalized spacial score (nSPS) is 12.6. The molecule has 0 amide bonds. The molecule has 20 heavy (non-hydrogen) atoms. The summed E-state index contributed by atoms with van der Waals surface area (Å²) in [4.78, 5) is 1.45. The average Bonchev–Trinajstić information content (AvgIpc) is 2.95. The Balaban J connectivity index is 2.11. The number of thiophene rings is 1. The van der Waals surface area contributed by atoms with Gasteiger partial charge in [-0.15, -0.1) is 11.3 Å². The molecule has 1 aromatic heterocycles. The maximum Gasteiger partial charge on any atom is 0.0409 e. The van der Waals surface area contributed by atoms with Crippen LogP contribution in [0.15, 0.2) is 35.7 Å². The van der Waals surface area contributed by atoms with Gasteiger partial charge < -0.3 is 5.32 Å². The van der Waals surface area contributed by atoms with Gasteiger partial charge in [0.15, 0.2) is 0 Å². The molecule has 0 aliphatic heterocycles. The maximum absolute atomic E-state index is 6.17. The van der Waals surface area contributed by atoms with E-state index in [1.54, 1.807) is 0 Å². The fourth-order valence-electron chi connectivity index (χ4n) is 2.41. The molecule has 1 aromatic carbocycles. The van der Waals surface area contributed by atoms with Crippen molar-refractivity contribution in [2.75, 3.05) is 6.54 Å². The van der Waals surface area contributed by atoms with Crippen LogP contribution in [0.2, 0.25) is 5.02 Å². The summed E-state index contributed by atoms with van der Waals surface area (Å²) >= 11 is 8.01. The van der Waals surface area contributed by atoms with Crippen molar-refractivity contribution in [1.82, 2.24) is 5.32 Å². The number of hydrogen-bond donors (Lipinski definition) is 1. The molecule has 1 heterocycles. The second kappa shape index (κ2) is 7.82. The van der Waals surface area contributed by atoms with Crippen LogP contribution in [0, 0.1) is 6.92 Å². The highest BCUT2D eigenvalue weighted by molar-refractivity contribution is 7.09. The highest BCUT2D eigenvalue weighted by Crippen LogP contribution is 2.26. The molecule has 2 rings (SSSR count). The Bertz CT molecular complexity index is 522. The van der Waals surface area contributed by atoms with Crippen molar-refractivity contribution in [2.45, 2.75) is 39.2 Å². The first-order valence-electron chi connectivity index (χ1n) is 7.22. The molecule has 0 aliphatic carbocycles. The molecule has 108 valence electrons. The zero-order valence-corrected chi connectivity index (χ0v) is 13.7. The number of benzene rings is 1. The number of rotatable bonds is 7. The Morgan fingerprint density at radius 2 is 2.15 bits per heavy atom. The molecule has 0 saturated carbocycles. The van der Waals surface area contributed by atoms with E-state index in [4.69, 9.17) is 11.6 Å². The van der Waals surface area contributed by atoms with E-state index in [0.717, 1.165) is 30.8 Å². The summed E-state index contributed by atoms with van der Waals surface area (Å²) in [5, 5.41) is 6.63. The van der Waals surface area contributed by atoms with Gasteiger partial charge in [0.25, 0.3) is 0 Å². The van der Waals surface area contributed by atoms with Crippen LogP contribution in [0.3, 0.4) is 0 Å². The summed E-state index contributed by atoms with van der Waals surface area (Å²) in [6, 6.07) is 10.9. The molecule has 1 N–H and O–H groups in total. The van der Waals surface area contributed by atoms with Gasteiger partial charge in [-0.25, -0.2) is 0 Å². The van der Waals surface area contributed by atoms with Crippen LogP contribution in [0.4, 0.5) is 0 Å². The van der Waals surface area contributed by atoms with Crippen LogP contribution >= 0.6 is 22.9 Å². The second-order valence-corrected chi connectivity index (χ2v) is 6.59. The van der Waals surface area contributed by atoms with Gasteiger partial charge in [0.1, 0.15) is 0 Å². The Kier molecular flexibility index (Phi) is 6.08. The summed E-state index contributed by atoms with van der Waals surface area (Å²) in [5.41, 5.74) is 2.65. The third-order valence-corrected chi connectivity index (χ3v) is 4.69. The average molecular weight is 308 g/mol. The van der Waals surface area contributed by atoms with E-state index in [1.165, 1.54) is 16.0 Å². The molecule has 1 atom stereocenters. The molecular weight excluding hydrogens is 286 g/mol. The third-order valence-electron chi connectivity index (χ3n) is 3.52. The summed E-state index contributed by atoms with van der Waals surface area (Å²) in [5.74, 6) is 0. The molecule has 1 nitrogen and oxygen atoms in total. The largest absolute Gasteiger partial charge is 0.310 e. The van der Waals surface area contributed by atoms with E-state index in [-0.39, 0.29) is 0 Å². The molecule has 0 spiro atoms. The molecule has 1 unspecified atom stereocenters. The molecule has 0 saturated heterocycles. The van der Waals surface area contributed by atoms with Crippen molar-refractivity contribution in [1.29, 1.82) is 0 Å². The Hall–Kier alpha value is -0.830. The van der Waals surface area contributed by atoms with Gasteiger partial charge >= 0.3 is 0 Å². The lowest BCUT2D eigenvalue weighted by atomic mass is 9.97. The lowest BCUT2D eigenvalue weighted by Crippen LogP contribution is -2.23. The maximum atomic E-state index is 6.17. The standard InChI is InChI=1S/C17H22ClNS/c1-3-10-19-17(9-8-15-5-4-11-20-15)16-12-14(18)7-6-13(16)2/h4-7,11-12,17,19H,3,8-10H2,1-2H3. The second-order valence-electron chi connectivity index (χ2n) is 5.13. The van der Waals surface area contributed by atoms with Crippen LogP contribution in [-0.2, 0) is 6.42 Å². The molecule has 2 aromatic rings. The van der Waals surface area contributed by atoms with Crippen molar-refractivity contribution >= 4 is 22.9 Å². The molecule has 0 bridgehead atoms. The first-order chi connectivity index (χ1) is 9.70. The van der Waals surface area contributed by atoms with E-state index in [1.807, 2.05) is 17.4 Å². The first-order valence-corrected chi connectivity index (χ1v) is 8.48. The third kappa shape index (κ3) is 4.34. The van der Waals surface area contributed by atoms with Crippen LogP contribution in [0.1, 0.15) is 41.8 Å². The highest BCUT2D eigenvalue weighted by Gasteiger charge is 2.14. The van der Waals surface area contributed by atoms with Crippen LogP contribution in [0.5, 0.6) is 0 Å². The zero-order valence-electron chi connectivity index (χ0n) is 12.2. The number of hydrogen-bond acceptors (Lipinski definition) is 2. The molecule has 0 fully saturated rings. The van der Waals surface area contributed by atoms with Crippen LogP contribution in [-0.4, -0.2) is 6.54 Å². The van der Waals surface area contributed by atoms with Gasteiger partial charge in [0, 0.05) is 15.9 Å². The van der Waals surface area contributed by atoms with Crippen molar-refractivity contribution in [3.8, 4) is 0 Å². The van der Waals surface area contributed by atoms with E-state index in [0.29, 0.717) is 6.04 Å². The number of halogens is 1. The zero-order chi connectivity index (χ0) is 14.4. The van der Waals surface area contributed by atoms with Gasteiger partial charge in [-0.3, -0.25) is 0 Å². The van der Waals surface area contributed by atoms with Gasteiger partial charge in [-0.1, -0.05) is 30.7 Å². The first kappa shape index (κ1) is 15.6. The molecular formula is C17H22ClNS. The Morgan fingerprint density at radius 3 is 2.85 bits per heavy atom. The fourth-order valence-corrected chi connectivity index (χ4v) is 3.32. The van der Waals surface area contributed by atoms with Gasteiger partial charge in [0.2, 0.25) is 0 Å². The lowest BCUT2D eigenvalue weighted by Gasteiger charge is -2.21. The predicted octanol–water partition coefficient (Wildman–Crippen LogP) is 5.38. The van der Waals surface area contributed by atoms with Gasteiger partial charge in [-0.2, -0.15) is 0 Å². The minimum absolute atomic E-state index is 0.385. The SMILES string of the molecule is CCCNC(CCc1cccs1)c1cc(Cl)ccc1C. The predicted molar refractivity (Wildman–Crippen MR) is 89.9 cm³/mol. The minimum atomic E-state index is 0.385. The topological polar surface area (TPSA) is 12.0 Å². The van der Waals surface area contributed by atoms with Gasteiger partial charge in [-0.05, 0) is 67.4 Å². The number of nitrogens with one attached hydrogen (secondary N) is 1. The summed E-state index contributed by atoms with van der Waals surface area (Å²) < 4.78 is 0. The monoisotopic (exact) mass is 307 g/mol. The highest BCUT2D eigenvalue weighted by atomic mass is 35.5. The van der Waals surface area contributed by atoms with E-state index >= 15 is 0 Å². The molecule has 3 heteroatoms. The summed E-state index contributed by atoms with van der Waals surface area (Å²) in [6.07, 6.45) is 3.38. The molecule has 0 radical (unpaired) electrons. The van der Waals surface area contributed by atoms with Crippen molar-refractivity contribution < 1.29 is 0 Å².